The summed E-state index contributed by atoms with van der Waals surface area (Å²) in [6, 6.07) is 0. The Morgan fingerprint density at radius 1 is 1.38 bits per heavy atom. The highest BCUT2D eigenvalue weighted by atomic mass is 16.3. The minimum atomic E-state index is -0.209. The lowest BCUT2D eigenvalue weighted by atomic mass is 9.80. The van der Waals surface area contributed by atoms with Crippen LogP contribution in [0.3, 0.4) is 0 Å². The summed E-state index contributed by atoms with van der Waals surface area (Å²) in [5.74, 6) is 1.71. The van der Waals surface area contributed by atoms with Gasteiger partial charge in [-0.05, 0) is 31.7 Å². The highest BCUT2D eigenvalue weighted by molar-refractivity contribution is 4.74. The van der Waals surface area contributed by atoms with E-state index in [0.29, 0.717) is 0 Å². The average Bonchev–Trinajstić information content (AvgIpc) is 2.08. The summed E-state index contributed by atoms with van der Waals surface area (Å²) in [5, 5.41) is 12.4. The Morgan fingerprint density at radius 2 is 2.08 bits per heavy atom. The maximum absolute atomic E-state index is 9.09. The van der Waals surface area contributed by atoms with E-state index in [-0.39, 0.29) is 6.10 Å². The standard InChI is InChI=1S/C11H23NO/c1-9-5-3-4-6-11(9)8-12-7-10(2)13/h9-13H,3-8H2,1-2H3/t9?,10-,11?/m0/s1. The number of aliphatic hydroxyl groups is 1. The number of aliphatic hydroxyl groups excluding tert-OH is 1. The Labute approximate surface area is 81.7 Å². The molecule has 0 aromatic carbocycles. The van der Waals surface area contributed by atoms with Gasteiger partial charge >= 0.3 is 0 Å². The van der Waals surface area contributed by atoms with Gasteiger partial charge in [0.2, 0.25) is 0 Å². The van der Waals surface area contributed by atoms with Gasteiger partial charge in [-0.25, -0.2) is 0 Å². The largest absolute Gasteiger partial charge is 0.392 e. The van der Waals surface area contributed by atoms with E-state index in [9.17, 15) is 0 Å². The highest BCUT2D eigenvalue weighted by Gasteiger charge is 2.20. The minimum Gasteiger partial charge on any atom is -0.392 e. The van der Waals surface area contributed by atoms with Crippen LogP contribution in [0.5, 0.6) is 0 Å². The topological polar surface area (TPSA) is 32.3 Å². The molecule has 3 atom stereocenters. The summed E-state index contributed by atoms with van der Waals surface area (Å²) in [7, 11) is 0. The van der Waals surface area contributed by atoms with Crippen LogP contribution in [0, 0.1) is 11.8 Å². The number of hydrogen-bond donors (Lipinski definition) is 2. The van der Waals surface area contributed by atoms with E-state index < -0.39 is 0 Å². The maximum Gasteiger partial charge on any atom is 0.0636 e. The molecule has 2 unspecified atom stereocenters. The van der Waals surface area contributed by atoms with Gasteiger partial charge in [-0.1, -0.05) is 26.2 Å². The first-order valence-electron chi connectivity index (χ1n) is 5.59. The SMILES string of the molecule is CC1CCCCC1CNC[C@H](C)O. The van der Waals surface area contributed by atoms with Gasteiger partial charge < -0.3 is 10.4 Å². The van der Waals surface area contributed by atoms with Gasteiger partial charge in [-0.3, -0.25) is 0 Å². The normalized spacial score (nSPS) is 31.6. The van der Waals surface area contributed by atoms with Crippen molar-refractivity contribution in [3.05, 3.63) is 0 Å². The molecule has 1 fully saturated rings. The molecule has 0 radical (unpaired) electrons. The summed E-state index contributed by atoms with van der Waals surface area (Å²) in [6.45, 7) is 6.01. The lowest BCUT2D eigenvalue weighted by molar-refractivity contribution is 0.180. The summed E-state index contributed by atoms with van der Waals surface area (Å²) >= 11 is 0. The maximum atomic E-state index is 9.09. The van der Waals surface area contributed by atoms with Crippen molar-refractivity contribution in [2.24, 2.45) is 11.8 Å². The third-order valence-corrected chi connectivity index (χ3v) is 3.14. The van der Waals surface area contributed by atoms with E-state index in [2.05, 4.69) is 12.2 Å². The lowest BCUT2D eigenvalue weighted by Crippen LogP contribution is -2.33. The second-order valence-electron chi connectivity index (χ2n) is 4.53. The highest BCUT2D eigenvalue weighted by Crippen LogP contribution is 2.28. The summed E-state index contributed by atoms with van der Waals surface area (Å²) in [4.78, 5) is 0. The van der Waals surface area contributed by atoms with Crippen molar-refractivity contribution in [2.75, 3.05) is 13.1 Å². The molecule has 0 bridgehead atoms. The smallest absolute Gasteiger partial charge is 0.0636 e. The number of hydrogen-bond acceptors (Lipinski definition) is 2. The third kappa shape index (κ3) is 4.10. The number of nitrogens with one attached hydrogen (secondary N) is 1. The third-order valence-electron chi connectivity index (χ3n) is 3.14. The first kappa shape index (κ1) is 11.0. The second kappa shape index (κ2) is 5.61. The molecule has 0 aliphatic heterocycles. The summed E-state index contributed by atoms with van der Waals surface area (Å²) < 4.78 is 0. The quantitative estimate of drug-likeness (QED) is 0.700. The summed E-state index contributed by atoms with van der Waals surface area (Å²) in [6.07, 6.45) is 5.35. The minimum absolute atomic E-state index is 0.209. The second-order valence-corrected chi connectivity index (χ2v) is 4.53. The molecule has 13 heavy (non-hydrogen) atoms. The van der Waals surface area contributed by atoms with Crippen LogP contribution in [0.1, 0.15) is 39.5 Å². The Hall–Kier alpha value is -0.0800. The van der Waals surface area contributed by atoms with E-state index in [1.165, 1.54) is 25.7 Å². The first-order valence-corrected chi connectivity index (χ1v) is 5.59. The van der Waals surface area contributed by atoms with Crippen molar-refractivity contribution in [1.82, 2.24) is 5.32 Å². The van der Waals surface area contributed by atoms with Gasteiger partial charge in [0.15, 0.2) is 0 Å². The molecule has 1 aliphatic carbocycles. The van der Waals surface area contributed by atoms with Gasteiger partial charge in [-0.2, -0.15) is 0 Å². The molecule has 78 valence electrons. The van der Waals surface area contributed by atoms with Gasteiger partial charge in [0.1, 0.15) is 0 Å². The molecule has 2 heteroatoms. The molecular formula is C11H23NO. The molecule has 0 spiro atoms. The zero-order chi connectivity index (χ0) is 9.68. The van der Waals surface area contributed by atoms with Gasteiger partial charge in [-0.15, -0.1) is 0 Å². The predicted octanol–water partition coefficient (Wildman–Crippen LogP) is 1.78. The van der Waals surface area contributed by atoms with Gasteiger partial charge in [0, 0.05) is 6.54 Å². The van der Waals surface area contributed by atoms with E-state index in [0.717, 1.165) is 24.9 Å². The van der Waals surface area contributed by atoms with Gasteiger partial charge in [0.25, 0.3) is 0 Å². The Balaban J connectivity index is 2.11. The molecule has 0 heterocycles. The van der Waals surface area contributed by atoms with Crippen molar-refractivity contribution in [3.63, 3.8) is 0 Å². The Morgan fingerprint density at radius 3 is 2.69 bits per heavy atom. The molecule has 0 amide bonds. The van der Waals surface area contributed by atoms with Gasteiger partial charge in [0.05, 0.1) is 6.10 Å². The zero-order valence-electron chi connectivity index (χ0n) is 8.92. The van der Waals surface area contributed by atoms with Crippen LogP contribution in [0.2, 0.25) is 0 Å². The van der Waals surface area contributed by atoms with E-state index >= 15 is 0 Å². The first-order chi connectivity index (χ1) is 6.20. The fourth-order valence-corrected chi connectivity index (χ4v) is 2.17. The number of rotatable bonds is 4. The van der Waals surface area contributed by atoms with Crippen LogP contribution < -0.4 is 5.32 Å². The summed E-state index contributed by atoms with van der Waals surface area (Å²) in [5.41, 5.74) is 0. The van der Waals surface area contributed by atoms with E-state index in [4.69, 9.17) is 5.11 Å². The van der Waals surface area contributed by atoms with Crippen molar-refractivity contribution in [3.8, 4) is 0 Å². The fourth-order valence-electron chi connectivity index (χ4n) is 2.17. The molecule has 0 aromatic rings. The van der Waals surface area contributed by atoms with Crippen molar-refractivity contribution >= 4 is 0 Å². The fraction of sp³-hybridized carbons (Fsp3) is 1.00. The van der Waals surface area contributed by atoms with Crippen LogP contribution in [-0.2, 0) is 0 Å². The molecule has 1 saturated carbocycles. The molecule has 0 aromatic heterocycles. The van der Waals surface area contributed by atoms with Crippen LogP contribution in [-0.4, -0.2) is 24.3 Å². The monoisotopic (exact) mass is 185 g/mol. The van der Waals surface area contributed by atoms with Crippen molar-refractivity contribution < 1.29 is 5.11 Å². The predicted molar refractivity (Wildman–Crippen MR) is 55.7 cm³/mol. The lowest BCUT2D eigenvalue weighted by Gasteiger charge is -2.29. The zero-order valence-corrected chi connectivity index (χ0v) is 8.92. The molecule has 1 aliphatic rings. The van der Waals surface area contributed by atoms with Crippen LogP contribution in [0.4, 0.5) is 0 Å². The van der Waals surface area contributed by atoms with E-state index in [1.807, 2.05) is 6.92 Å². The Kier molecular flexibility index (Phi) is 4.74. The Bertz CT molecular complexity index is 136. The molecule has 2 nitrogen and oxygen atoms in total. The molecular weight excluding hydrogens is 162 g/mol. The van der Waals surface area contributed by atoms with Crippen LogP contribution in [0.15, 0.2) is 0 Å². The molecule has 0 saturated heterocycles. The average molecular weight is 185 g/mol. The van der Waals surface area contributed by atoms with Crippen molar-refractivity contribution in [2.45, 2.75) is 45.6 Å². The molecule has 2 N–H and O–H groups in total. The van der Waals surface area contributed by atoms with E-state index in [1.54, 1.807) is 0 Å². The molecule has 1 rings (SSSR count). The van der Waals surface area contributed by atoms with Crippen LogP contribution >= 0.6 is 0 Å². The van der Waals surface area contributed by atoms with Crippen LogP contribution in [0.25, 0.3) is 0 Å². The van der Waals surface area contributed by atoms with Crippen molar-refractivity contribution in [1.29, 1.82) is 0 Å².